The zero-order valence-electron chi connectivity index (χ0n) is 8.62. The molecule has 1 aliphatic heterocycles. The van der Waals surface area contributed by atoms with Crippen molar-refractivity contribution in [3.63, 3.8) is 0 Å². The fourth-order valence-electron chi connectivity index (χ4n) is 1.71. The number of halogens is 1. The van der Waals surface area contributed by atoms with Crippen LogP contribution in [0.25, 0.3) is 0 Å². The fraction of sp³-hybridized carbons (Fsp3) is 0.500. The van der Waals surface area contributed by atoms with E-state index in [1.165, 1.54) is 5.56 Å². The van der Waals surface area contributed by atoms with Gasteiger partial charge in [-0.1, -0.05) is 34.1 Å². The summed E-state index contributed by atoms with van der Waals surface area (Å²) in [5, 5.41) is 0.830. The zero-order valence-corrected chi connectivity index (χ0v) is 10.2. The molecular formula is C12H15BrO2. The van der Waals surface area contributed by atoms with Crippen LogP contribution in [0, 0.1) is 0 Å². The van der Waals surface area contributed by atoms with E-state index >= 15 is 0 Å². The lowest BCUT2D eigenvalue weighted by Gasteiger charge is -2.24. The first-order chi connectivity index (χ1) is 7.40. The van der Waals surface area contributed by atoms with Crippen molar-refractivity contribution in [2.24, 2.45) is 0 Å². The van der Waals surface area contributed by atoms with E-state index in [-0.39, 0.29) is 6.10 Å². The van der Waals surface area contributed by atoms with Gasteiger partial charge in [-0.15, -0.1) is 0 Å². The normalized spacial score (nSPS) is 21.3. The molecule has 82 valence electrons. The standard InChI is InChI=1S/C12H15BrO2/c13-8-10-4-1-2-6-12(10)15-11-5-3-7-14-9-11/h1-2,4,6,11H,3,5,7-9H2. The Hall–Kier alpha value is -0.540. The van der Waals surface area contributed by atoms with Crippen LogP contribution in [0.3, 0.4) is 0 Å². The molecular weight excluding hydrogens is 256 g/mol. The summed E-state index contributed by atoms with van der Waals surface area (Å²) in [5.41, 5.74) is 1.20. The molecule has 3 heteroatoms. The quantitative estimate of drug-likeness (QED) is 0.786. The van der Waals surface area contributed by atoms with Gasteiger partial charge in [0.05, 0.1) is 6.61 Å². The van der Waals surface area contributed by atoms with Crippen molar-refractivity contribution in [2.45, 2.75) is 24.3 Å². The Morgan fingerprint density at radius 1 is 1.40 bits per heavy atom. The van der Waals surface area contributed by atoms with Crippen LogP contribution in [0.4, 0.5) is 0 Å². The highest BCUT2D eigenvalue weighted by Crippen LogP contribution is 2.23. The molecule has 1 heterocycles. The smallest absolute Gasteiger partial charge is 0.123 e. The van der Waals surface area contributed by atoms with Crippen LogP contribution >= 0.6 is 15.9 Å². The summed E-state index contributed by atoms with van der Waals surface area (Å²) in [7, 11) is 0. The van der Waals surface area contributed by atoms with Crippen LogP contribution in [0.15, 0.2) is 24.3 Å². The second-order valence-corrected chi connectivity index (χ2v) is 4.26. The highest BCUT2D eigenvalue weighted by Gasteiger charge is 2.16. The molecule has 0 saturated carbocycles. The van der Waals surface area contributed by atoms with Crippen molar-refractivity contribution < 1.29 is 9.47 Å². The van der Waals surface area contributed by atoms with Crippen molar-refractivity contribution in [3.8, 4) is 5.75 Å². The van der Waals surface area contributed by atoms with Gasteiger partial charge in [-0.3, -0.25) is 0 Å². The van der Waals surface area contributed by atoms with E-state index in [0.717, 1.165) is 37.1 Å². The molecule has 1 saturated heterocycles. The summed E-state index contributed by atoms with van der Waals surface area (Å²) < 4.78 is 11.3. The minimum atomic E-state index is 0.221. The SMILES string of the molecule is BrCc1ccccc1OC1CCCOC1. The molecule has 0 radical (unpaired) electrons. The van der Waals surface area contributed by atoms with Gasteiger partial charge >= 0.3 is 0 Å². The van der Waals surface area contributed by atoms with Gasteiger partial charge in [0.1, 0.15) is 11.9 Å². The van der Waals surface area contributed by atoms with Gasteiger partial charge in [-0.05, 0) is 18.9 Å². The molecule has 1 atom stereocenters. The highest BCUT2D eigenvalue weighted by molar-refractivity contribution is 9.08. The van der Waals surface area contributed by atoms with Crippen molar-refractivity contribution in [3.05, 3.63) is 29.8 Å². The molecule has 1 unspecified atom stereocenters. The van der Waals surface area contributed by atoms with E-state index in [2.05, 4.69) is 22.0 Å². The minimum Gasteiger partial charge on any atom is -0.488 e. The van der Waals surface area contributed by atoms with Crippen LogP contribution in [0.2, 0.25) is 0 Å². The predicted octanol–water partition coefficient (Wildman–Crippen LogP) is 3.14. The molecule has 0 aromatic heterocycles. The molecule has 1 fully saturated rings. The molecule has 1 aromatic carbocycles. The van der Waals surface area contributed by atoms with Crippen LogP contribution in [-0.4, -0.2) is 19.3 Å². The average Bonchev–Trinajstić information content (AvgIpc) is 2.31. The van der Waals surface area contributed by atoms with E-state index in [4.69, 9.17) is 9.47 Å². The zero-order chi connectivity index (χ0) is 10.5. The maximum atomic E-state index is 5.92. The lowest BCUT2D eigenvalue weighted by atomic mass is 10.1. The summed E-state index contributed by atoms with van der Waals surface area (Å²) in [6.07, 6.45) is 2.41. The summed E-state index contributed by atoms with van der Waals surface area (Å²) in [6.45, 7) is 1.59. The largest absolute Gasteiger partial charge is 0.488 e. The third kappa shape index (κ3) is 2.95. The van der Waals surface area contributed by atoms with Crippen LogP contribution in [-0.2, 0) is 10.1 Å². The second-order valence-electron chi connectivity index (χ2n) is 3.70. The van der Waals surface area contributed by atoms with E-state index in [1.807, 2.05) is 18.2 Å². The monoisotopic (exact) mass is 270 g/mol. The Balaban J connectivity index is 2.02. The fourth-order valence-corrected chi connectivity index (χ4v) is 2.18. The maximum absolute atomic E-state index is 5.92. The molecule has 1 aliphatic rings. The highest BCUT2D eigenvalue weighted by atomic mass is 79.9. The van der Waals surface area contributed by atoms with E-state index < -0.39 is 0 Å². The number of hydrogen-bond acceptors (Lipinski definition) is 2. The molecule has 15 heavy (non-hydrogen) atoms. The maximum Gasteiger partial charge on any atom is 0.123 e. The Morgan fingerprint density at radius 2 is 2.27 bits per heavy atom. The first-order valence-electron chi connectivity index (χ1n) is 5.28. The van der Waals surface area contributed by atoms with Crippen molar-refractivity contribution >= 4 is 15.9 Å². The van der Waals surface area contributed by atoms with Gasteiger partial charge in [-0.25, -0.2) is 0 Å². The van der Waals surface area contributed by atoms with Crippen molar-refractivity contribution in [1.29, 1.82) is 0 Å². The predicted molar refractivity (Wildman–Crippen MR) is 63.5 cm³/mol. The number of ether oxygens (including phenoxy) is 2. The van der Waals surface area contributed by atoms with Gasteiger partial charge in [0.2, 0.25) is 0 Å². The summed E-state index contributed by atoms with van der Waals surface area (Å²) in [4.78, 5) is 0. The van der Waals surface area contributed by atoms with Gasteiger partial charge in [0.15, 0.2) is 0 Å². The summed E-state index contributed by atoms with van der Waals surface area (Å²) in [5.74, 6) is 0.977. The van der Waals surface area contributed by atoms with Crippen molar-refractivity contribution in [2.75, 3.05) is 13.2 Å². The summed E-state index contributed by atoms with van der Waals surface area (Å²) >= 11 is 3.46. The lowest BCUT2D eigenvalue weighted by Crippen LogP contribution is -2.28. The molecule has 0 spiro atoms. The van der Waals surface area contributed by atoms with Gasteiger partial charge in [-0.2, -0.15) is 0 Å². The molecule has 0 aliphatic carbocycles. The van der Waals surface area contributed by atoms with Gasteiger partial charge in [0.25, 0.3) is 0 Å². The van der Waals surface area contributed by atoms with Crippen LogP contribution < -0.4 is 4.74 Å². The Bertz CT molecular complexity index is 308. The summed E-state index contributed by atoms with van der Waals surface area (Å²) in [6, 6.07) is 8.13. The second kappa shape index (κ2) is 5.52. The first kappa shape index (κ1) is 11.0. The Labute approximate surface area is 98.7 Å². The number of hydrogen-bond donors (Lipinski definition) is 0. The number of benzene rings is 1. The third-order valence-corrected chi connectivity index (χ3v) is 3.13. The number of para-hydroxylation sites is 1. The molecule has 0 N–H and O–H groups in total. The average molecular weight is 271 g/mol. The van der Waals surface area contributed by atoms with Crippen molar-refractivity contribution in [1.82, 2.24) is 0 Å². The third-order valence-electron chi connectivity index (χ3n) is 2.53. The molecule has 0 bridgehead atoms. The van der Waals surface area contributed by atoms with E-state index in [9.17, 15) is 0 Å². The molecule has 2 rings (SSSR count). The minimum absolute atomic E-state index is 0.221. The first-order valence-corrected chi connectivity index (χ1v) is 6.40. The topological polar surface area (TPSA) is 18.5 Å². The van der Waals surface area contributed by atoms with E-state index in [0.29, 0.717) is 0 Å². The Kier molecular flexibility index (Phi) is 4.03. The molecule has 1 aromatic rings. The molecule has 0 amide bonds. The number of rotatable bonds is 3. The Morgan fingerprint density at radius 3 is 3.00 bits per heavy atom. The van der Waals surface area contributed by atoms with E-state index in [1.54, 1.807) is 0 Å². The van der Waals surface area contributed by atoms with Crippen LogP contribution in [0.1, 0.15) is 18.4 Å². The molecule has 2 nitrogen and oxygen atoms in total. The van der Waals surface area contributed by atoms with Gasteiger partial charge < -0.3 is 9.47 Å². The lowest BCUT2D eigenvalue weighted by molar-refractivity contribution is 0.00714. The van der Waals surface area contributed by atoms with Gasteiger partial charge in [0, 0.05) is 17.5 Å². The van der Waals surface area contributed by atoms with Crippen LogP contribution in [0.5, 0.6) is 5.75 Å². The number of alkyl halides is 1.